The number of alkyl halides is 1. The normalized spacial score (nSPS) is 21.9. The first kappa shape index (κ1) is 10.9. The van der Waals surface area contributed by atoms with Crippen molar-refractivity contribution in [3.63, 3.8) is 0 Å². The lowest BCUT2D eigenvalue weighted by Crippen LogP contribution is -2.33. The van der Waals surface area contributed by atoms with Crippen molar-refractivity contribution in [2.45, 2.75) is 31.2 Å². The van der Waals surface area contributed by atoms with Crippen molar-refractivity contribution in [2.24, 2.45) is 0 Å². The summed E-state index contributed by atoms with van der Waals surface area (Å²) in [5.74, 6) is 0.958. The van der Waals surface area contributed by atoms with Gasteiger partial charge >= 0.3 is 0 Å². The summed E-state index contributed by atoms with van der Waals surface area (Å²) in [6, 6.07) is 12.5. The highest BCUT2D eigenvalue weighted by Gasteiger charge is 2.33. The first-order valence-corrected chi connectivity index (χ1v) is 6.35. The highest BCUT2D eigenvalue weighted by molar-refractivity contribution is 6.21. The molecule has 2 aromatic carbocycles. The van der Waals surface area contributed by atoms with Crippen molar-refractivity contribution >= 4 is 22.4 Å². The van der Waals surface area contributed by atoms with Gasteiger partial charge in [-0.2, -0.15) is 0 Å². The molecule has 3 rings (SSSR count). The van der Waals surface area contributed by atoms with Crippen molar-refractivity contribution in [1.82, 2.24) is 0 Å². The standard InChI is InChI=1S/C15H15ClO/c1-15(2)9-13(16)12-8-7-10-5-3-4-6-11(10)14(12)17-15/h3-8,13H,9H2,1-2H3. The molecule has 2 heteroatoms. The van der Waals surface area contributed by atoms with Gasteiger partial charge in [0.2, 0.25) is 0 Å². The van der Waals surface area contributed by atoms with Crippen molar-refractivity contribution in [1.29, 1.82) is 0 Å². The summed E-state index contributed by atoms with van der Waals surface area (Å²) in [5, 5.41) is 2.40. The molecule has 0 N–H and O–H groups in total. The molecule has 0 saturated carbocycles. The molecule has 0 aromatic heterocycles. The van der Waals surface area contributed by atoms with Gasteiger partial charge in [-0.1, -0.05) is 36.4 Å². The molecule has 0 spiro atoms. The molecule has 0 aliphatic carbocycles. The second kappa shape index (κ2) is 3.64. The minimum absolute atomic E-state index is 0.0401. The molecular formula is C15H15ClO. The predicted molar refractivity (Wildman–Crippen MR) is 71.9 cm³/mol. The minimum atomic E-state index is -0.191. The Balaban J connectivity index is 2.28. The van der Waals surface area contributed by atoms with Crippen LogP contribution in [0, 0.1) is 0 Å². The van der Waals surface area contributed by atoms with Crippen LogP contribution in [0.3, 0.4) is 0 Å². The van der Waals surface area contributed by atoms with Crippen LogP contribution in [0.1, 0.15) is 31.2 Å². The molecule has 0 bridgehead atoms. The quantitative estimate of drug-likeness (QED) is 0.614. The van der Waals surface area contributed by atoms with Crippen LogP contribution in [-0.2, 0) is 0 Å². The van der Waals surface area contributed by atoms with E-state index in [9.17, 15) is 0 Å². The third-order valence-corrected chi connectivity index (χ3v) is 3.69. The fourth-order valence-corrected chi connectivity index (χ4v) is 3.02. The van der Waals surface area contributed by atoms with Crippen LogP contribution in [0.2, 0.25) is 0 Å². The Bertz CT molecular complexity index is 574. The molecule has 0 fully saturated rings. The first-order chi connectivity index (χ1) is 8.07. The smallest absolute Gasteiger partial charge is 0.132 e. The van der Waals surface area contributed by atoms with Crippen LogP contribution in [0.15, 0.2) is 36.4 Å². The van der Waals surface area contributed by atoms with Crippen molar-refractivity contribution in [3.05, 3.63) is 42.0 Å². The number of halogens is 1. The van der Waals surface area contributed by atoms with Crippen molar-refractivity contribution in [3.8, 4) is 5.75 Å². The fourth-order valence-electron chi connectivity index (χ4n) is 2.48. The molecule has 1 nitrogen and oxygen atoms in total. The Kier molecular flexibility index (Phi) is 2.34. The van der Waals surface area contributed by atoms with E-state index in [1.165, 1.54) is 5.39 Å². The summed E-state index contributed by atoms with van der Waals surface area (Å²) in [6.07, 6.45) is 0.847. The topological polar surface area (TPSA) is 9.23 Å². The SMILES string of the molecule is CC1(C)CC(Cl)c2ccc3ccccc3c2O1. The summed E-state index contributed by atoms with van der Waals surface area (Å²) in [5.41, 5.74) is 0.925. The van der Waals surface area contributed by atoms with Gasteiger partial charge in [0.15, 0.2) is 0 Å². The van der Waals surface area contributed by atoms with Gasteiger partial charge in [0.05, 0.1) is 5.38 Å². The third kappa shape index (κ3) is 1.79. The molecule has 1 aliphatic rings. The molecule has 1 heterocycles. The predicted octanol–water partition coefficient (Wildman–Crippen LogP) is 4.68. The van der Waals surface area contributed by atoms with Crippen LogP contribution >= 0.6 is 11.6 Å². The van der Waals surface area contributed by atoms with Crippen LogP contribution in [0.4, 0.5) is 0 Å². The summed E-state index contributed by atoms with van der Waals surface area (Å²) in [7, 11) is 0. The molecule has 2 aromatic rings. The van der Waals surface area contributed by atoms with Crippen LogP contribution < -0.4 is 4.74 Å². The van der Waals surface area contributed by atoms with E-state index < -0.39 is 0 Å². The Labute approximate surface area is 106 Å². The Hall–Kier alpha value is -1.21. The zero-order chi connectivity index (χ0) is 12.0. The first-order valence-electron chi connectivity index (χ1n) is 5.91. The lowest BCUT2D eigenvalue weighted by atomic mass is 9.92. The van der Waals surface area contributed by atoms with E-state index in [-0.39, 0.29) is 11.0 Å². The van der Waals surface area contributed by atoms with Gasteiger partial charge in [-0.3, -0.25) is 0 Å². The van der Waals surface area contributed by atoms with E-state index in [0.29, 0.717) is 0 Å². The highest BCUT2D eigenvalue weighted by atomic mass is 35.5. The minimum Gasteiger partial charge on any atom is -0.487 e. The van der Waals surface area contributed by atoms with Gasteiger partial charge in [-0.05, 0) is 19.2 Å². The lowest BCUT2D eigenvalue weighted by Gasteiger charge is -2.36. The van der Waals surface area contributed by atoms with Crippen molar-refractivity contribution in [2.75, 3.05) is 0 Å². The summed E-state index contributed by atoms with van der Waals surface area (Å²) in [6.45, 7) is 4.18. The highest BCUT2D eigenvalue weighted by Crippen LogP contribution is 2.46. The maximum absolute atomic E-state index is 6.45. The monoisotopic (exact) mass is 246 g/mol. The van der Waals surface area contributed by atoms with Crippen LogP contribution in [-0.4, -0.2) is 5.60 Å². The number of fused-ring (bicyclic) bond motifs is 3. The lowest BCUT2D eigenvalue weighted by molar-refractivity contribution is 0.0847. The zero-order valence-electron chi connectivity index (χ0n) is 10.0. The van der Waals surface area contributed by atoms with E-state index in [2.05, 4.69) is 38.1 Å². The van der Waals surface area contributed by atoms with Gasteiger partial charge in [0.25, 0.3) is 0 Å². The molecule has 0 amide bonds. The van der Waals surface area contributed by atoms with Gasteiger partial charge in [0, 0.05) is 17.4 Å². The van der Waals surface area contributed by atoms with E-state index in [1.54, 1.807) is 0 Å². The largest absolute Gasteiger partial charge is 0.487 e. The Morgan fingerprint density at radius 1 is 1.18 bits per heavy atom. The molecule has 0 saturated heterocycles. The molecule has 88 valence electrons. The molecule has 1 aliphatic heterocycles. The Morgan fingerprint density at radius 3 is 2.76 bits per heavy atom. The van der Waals surface area contributed by atoms with Crippen LogP contribution in [0.25, 0.3) is 10.8 Å². The number of hydrogen-bond donors (Lipinski definition) is 0. The second-order valence-electron chi connectivity index (χ2n) is 5.24. The van der Waals surface area contributed by atoms with Crippen molar-refractivity contribution < 1.29 is 4.74 Å². The second-order valence-corrected chi connectivity index (χ2v) is 5.77. The number of benzene rings is 2. The van der Waals surface area contributed by atoms with Crippen LogP contribution in [0.5, 0.6) is 5.75 Å². The zero-order valence-corrected chi connectivity index (χ0v) is 10.8. The van der Waals surface area contributed by atoms with E-state index in [0.717, 1.165) is 23.1 Å². The molecular weight excluding hydrogens is 232 g/mol. The Morgan fingerprint density at radius 2 is 1.94 bits per heavy atom. The molecule has 1 unspecified atom stereocenters. The summed E-state index contributed by atoms with van der Waals surface area (Å²) < 4.78 is 6.12. The average Bonchev–Trinajstić information content (AvgIpc) is 2.27. The average molecular weight is 247 g/mol. The fraction of sp³-hybridized carbons (Fsp3) is 0.333. The summed E-state index contributed by atoms with van der Waals surface area (Å²) in [4.78, 5) is 0. The third-order valence-electron chi connectivity index (χ3n) is 3.30. The number of rotatable bonds is 0. The summed E-state index contributed by atoms with van der Waals surface area (Å²) >= 11 is 6.45. The molecule has 17 heavy (non-hydrogen) atoms. The van der Waals surface area contributed by atoms with Gasteiger partial charge < -0.3 is 4.74 Å². The molecule has 0 radical (unpaired) electrons. The number of ether oxygens (including phenoxy) is 1. The van der Waals surface area contributed by atoms with E-state index in [4.69, 9.17) is 16.3 Å². The van der Waals surface area contributed by atoms with Gasteiger partial charge in [0.1, 0.15) is 11.4 Å². The maximum Gasteiger partial charge on any atom is 0.132 e. The molecule has 1 atom stereocenters. The maximum atomic E-state index is 6.45. The van der Waals surface area contributed by atoms with Gasteiger partial charge in [-0.25, -0.2) is 0 Å². The van der Waals surface area contributed by atoms with E-state index >= 15 is 0 Å². The van der Waals surface area contributed by atoms with E-state index in [1.807, 2.05) is 12.1 Å². The van der Waals surface area contributed by atoms with Gasteiger partial charge in [-0.15, -0.1) is 11.6 Å². The number of hydrogen-bond acceptors (Lipinski definition) is 1.